The summed E-state index contributed by atoms with van der Waals surface area (Å²) in [6.45, 7) is 5.11. The van der Waals surface area contributed by atoms with E-state index in [1.165, 1.54) is 11.1 Å². The van der Waals surface area contributed by atoms with E-state index in [2.05, 4.69) is 48.4 Å². The first-order valence-electron chi connectivity index (χ1n) is 6.64. The number of anilines is 1. The van der Waals surface area contributed by atoms with Crippen molar-refractivity contribution in [2.45, 2.75) is 26.3 Å². The third-order valence-electron chi connectivity index (χ3n) is 3.22. The van der Waals surface area contributed by atoms with Gasteiger partial charge in [0.25, 0.3) is 0 Å². The molecule has 0 saturated heterocycles. The van der Waals surface area contributed by atoms with Gasteiger partial charge in [-0.3, -0.25) is 4.98 Å². The van der Waals surface area contributed by atoms with E-state index in [-0.39, 0.29) is 0 Å². The average molecular weight is 285 g/mol. The third kappa shape index (κ3) is 3.54. The number of nitrogens with two attached hydrogens (primary N) is 1. The number of nitrogens with zero attached hydrogens (tertiary/aromatic N) is 1. The number of nitrogens with one attached hydrogen (secondary N) is 1. The summed E-state index contributed by atoms with van der Waals surface area (Å²) in [6.07, 6.45) is 3.44. The lowest BCUT2D eigenvalue weighted by Gasteiger charge is -2.11. The molecule has 104 valence electrons. The molecule has 0 spiro atoms. The summed E-state index contributed by atoms with van der Waals surface area (Å²) in [5.74, 6) is 0.552. The molecule has 1 aromatic heterocycles. The molecule has 0 aliphatic carbocycles. The van der Waals surface area contributed by atoms with Gasteiger partial charge in [0.1, 0.15) is 4.99 Å². The molecule has 0 amide bonds. The minimum atomic E-state index is 0.380. The summed E-state index contributed by atoms with van der Waals surface area (Å²) in [4.78, 5) is 4.48. The van der Waals surface area contributed by atoms with E-state index in [0.717, 1.165) is 17.8 Å². The van der Waals surface area contributed by atoms with Crippen LogP contribution in [0.25, 0.3) is 0 Å². The zero-order valence-electron chi connectivity index (χ0n) is 11.8. The summed E-state index contributed by atoms with van der Waals surface area (Å²) in [6, 6.07) is 10.4. The van der Waals surface area contributed by atoms with Crippen LogP contribution in [0.4, 0.5) is 5.69 Å². The van der Waals surface area contributed by atoms with Crippen LogP contribution in [0.3, 0.4) is 0 Å². The number of hydrogen-bond donors (Lipinski definition) is 2. The lowest BCUT2D eigenvalue weighted by Crippen LogP contribution is -2.13. The van der Waals surface area contributed by atoms with Crippen molar-refractivity contribution in [1.29, 1.82) is 0 Å². The fourth-order valence-corrected chi connectivity index (χ4v) is 2.15. The Balaban J connectivity index is 2.07. The molecular formula is C16H19N3S. The molecule has 0 fully saturated rings. The van der Waals surface area contributed by atoms with E-state index >= 15 is 0 Å². The van der Waals surface area contributed by atoms with Gasteiger partial charge < -0.3 is 11.1 Å². The Hall–Kier alpha value is -1.94. The average Bonchev–Trinajstić information content (AvgIpc) is 2.45. The maximum atomic E-state index is 5.70. The topological polar surface area (TPSA) is 50.9 Å². The number of hydrogen-bond acceptors (Lipinski definition) is 3. The summed E-state index contributed by atoms with van der Waals surface area (Å²) < 4.78 is 0. The minimum absolute atomic E-state index is 0.380. The van der Waals surface area contributed by atoms with Crippen LogP contribution in [0.2, 0.25) is 0 Å². The van der Waals surface area contributed by atoms with Crippen molar-refractivity contribution in [2.75, 3.05) is 5.32 Å². The van der Waals surface area contributed by atoms with E-state index in [4.69, 9.17) is 18.0 Å². The molecule has 1 heterocycles. The number of aromatic nitrogens is 1. The van der Waals surface area contributed by atoms with Crippen LogP contribution >= 0.6 is 12.2 Å². The van der Waals surface area contributed by atoms with Crippen LogP contribution in [-0.4, -0.2) is 9.97 Å². The Bertz CT molecular complexity index is 591. The van der Waals surface area contributed by atoms with Crippen molar-refractivity contribution in [3.05, 3.63) is 59.4 Å². The molecule has 1 aromatic carbocycles. The van der Waals surface area contributed by atoms with Crippen molar-refractivity contribution in [3.63, 3.8) is 0 Å². The van der Waals surface area contributed by atoms with Crippen molar-refractivity contribution in [2.24, 2.45) is 5.73 Å². The Labute approximate surface area is 125 Å². The summed E-state index contributed by atoms with van der Waals surface area (Å²) in [7, 11) is 0. The third-order valence-corrected chi connectivity index (χ3v) is 3.44. The Morgan fingerprint density at radius 2 is 1.95 bits per heavy atom. The van der Waals surface area contributed by atoms with E-state index in [9.17, 15) is 0 Å². The van der Waals surface area contributed by atoms with E-state index in [1.54, 1.807) is 12.4 Å². The Morgan fingerprint density at radius 3 is 2.55 bits per heavy atom. The van der Waals surface area contributed by atoms with E-state index in [0.29, 0.717) is 10.9 Å². The van der Waals surface area contributed by atoms with Gasteiger partial charge in [-0.05, 0) is 23.1 Å². The monoisotopic (exact) mass is 285 g/mol. The molecule has 3 nitrogen and oxygen atoms in total. The molecule has 20 heavy (non-hydrogen) atoms. The fourth-order valence-electron chi connectivity index (χ4n) is 1.97. The lowest BCUT2D eigenvalue weighted by atomic mass is 10.0. The molecule has 4 heteroatoms. The molecule has 0 aliphatic heterocycles. The SMILES string of the molecule is CC(C)c1ccc(CNc2cnccc2C(N)=S)cc1. The quantitative estimate of drug-likeness (QED) is 0.826. The van der Waals surface area contributed by atoms with Crippen LogP contribution in [0.15, 0.2) is 42.7 Å². The first-order valence-corrected chi connectivity index (χ1v) is 7.05. The lowest BCUT2D eigenvalue weighted by molar-refractivity contribution is 0.865. The smallest absolute Gasteiger partial charge is 0.106 e. The minimum Gasteiger partial charge on any atom is -0.389 e. The number of benzene rings is 1. The molecule has 2 rings (SSSR count). The standard InChI is InChI=1S/C16H19N3S/c1-11(2)13-5-3-12(4-6-13)9-19-15-10-18-8-7-14(15)16(17)20/h3-8,10-11,19H,9H2,1-2H3,(H2,17,20). The predicted octanol–water partition coefficient (Wildman–Crippen LogP) is 3.45. The molecule has 0 saturated carbocycles. The van der Waals surface area contributed by atoms with Gasteiger partial charge in [0.15, 0.2) is 0 Å². The normalized spacial score (nSPS) is 10.6. The van der Waals surface area contributed by atoms with Crippen molar-refractivity contribution in [1.82, 2.24) is 4.98 Å². The van der Waals surface area contributed by atoms with Crippen molar-refractivity contribution in [3.8, 4) is 0 Å². The number of thiocarbonyl (C=S) groups is 1. The zero-order chi connectivity index (χ0) is 14.5. The summed E-state index contributed by atoms with van der Waals surface area (Å²) in [5, 5.41) is 3.33. The fraction of sp³-hybridized carbons (Fsp3) is 0.250. The second kappa shape index (κ2) is 6.48. The highest BCUT2D eigenvalue weighted by atomic mass is 32.1. The van der Waals surface area contributed by atoms with Gasteiger partial charge in [0.2, 0.25) is 0 Å². The van der Waals surface area contributed by atoms with Gasteiger partial charge in [-0.1, -0.05) is 50.3 Å². The Kier molecular flexibility index (Phi) is 4.69. The van der Waals surface area contributed by atoms with Gasteiger partial charge in [0.05, 0.1) is 11.9 Å². The molecule has 0 unspecified atom stereocenters. The van der Waals surface area contributed by atoms with Crippen LogP contribution in [0.1, 0.15) is 36.5 Å². The molecular weight excluding hydrogens is 266 g/mol. The van der Waals surface area contributed by atoms with Crippen molar-refractivity contribution >= 4 is 22.9 Å². The van der Waals surface area contributed by atoms with Gasteiger partial charge in [-0.25, -0.2) is 0 Å². The highest BCUT2D eigenvalue weighted by Gasteiger charge is 2.05. The van der Waals surface area contributed by atoms with Crippen LogP contribution in [-0.2, 0) is 6.54 Å². The number of rotatable bonds is 5. The van der Waals surface area contributed by atoms with E-state index in [1.807, 2.05) is 6.07 Å². The highest BCUT2D eigenvalue weighted by Crippen LogP contribution is 2.17. The van der Waals surface area contributed by atoms with Gasteiger partial charge in [0, 0.05) is 18.3 Å². The van der Waals surface area contributed by atoms with Gasteiger partial charge in [-0.15, -0.1) is 0 Å². The molecule has 0 atom stereocenters. The van der Waals surface area contributed by atoms with E-state index < -0.39 is 0 Å². The molecule has 0 radical (unpaired) electrons. The predicted molar refractivity (Wildman–Crippen MR) is 88.0 cm³/mol. The molecule has 0 bridgehead atoms. The second-order valence-electron chi connectivity index (χ2n) is 5.04. The van der Waals surface area contributed by atoms with Crippen LogP contribution < -0.4 is 11.1 Å². The first kappa shape index (κ1) is 14.5. The maximum Gasteiger partial charge on any atom is 0.106 e. The zero-order valence-corrected chi connectivity index (χ0v) is 12.6. The summed E-state index contributed by atoms with van der Waals surface area (Å²) in [5.41, 5.74) is 9.96. The van der Waals surface area contributed by atoms with Crippen LogP contribution in [0.5, 0.6) is 0 Å². The number of pyridine rings is 1. The van der Waals surface area contributed by atoms with Crippen LogP contribution in [0, 0.1) is 0 Å². The van der Waals surface area contributed by atoms with Gasteiger partial charge in [-0.2, -0.15) is 0 Å². The second-order valence-corrected chi connectivity index (χ2v) is 5.48. The molecule has 3 N–H and O–H groups in total. The Morgan fingerprint density at radius 1 is 1.25 bits per heavy atom. The molecule has 2 aromatic rings. The highest BCUT2D eigenvalue weighted by molar-refractivity contribution is 7.80. The summed E-state index contributed by atoms with van der Waals surface area (Å²) >= 11 is 5.04. The van der Waals surface area contributed by atoms with Crippen molar-refractivity contribution < 1.29 is 0 Å². The largest absolute Gasteiger partial charge is 0.389 e. The molecule has 0 aliphatic rings. The maximum absolute atomic E-state index is 5.70. The van der Waals surface area contributed by atoms with Gasteiger partial charge >= 0.3 is 0 Å². The first-order chi connectivity index (χ1) is 9.58.